The number of benzene rings is 1. The van der Waals surface area contributed by atoms with E-state index in [9.17, 15) is 4.79 Å². The van der Waals surface area contributed by atoms with Crippen molar-refractivity contribution in [3.63, 3.8) is 0 Å². The van der Waals surface area contributed by atoms with Gasteiger partial charge in [-0.3, -0.25) is 4.79 Å². The molecule has 1 aromatic carbocycles. The summed E-state index contributed by atoms with van der Waals surface area (Å²) in [5.74, 6) is 1.20. The molecule has 1 spiro atoms. The third-order valence-electron chi connectivity index (χ3n) is 6.67. The molecule has 1 amide bonds. The van der Waals surface area contributed by atoms with Crippen molar-refractivity contribution in [3.8, 4) is 5.75 Å². The third-order valence-corrected chi connectivity index (χ3v) is 7.38. The van der Waals surface area contributed by atoms with Gasteiger partial charge >= 0.3 is 0 Å². The SMILES string of the molecule is COc1ccc(CN2CCC3(CCN(CC[C@H](N)c4ccsc4)CC3)C2=O)cc1. The number of piperidine rings is 1. The quantitative estimate of drug-likeness (QED) is 0.753. The molecular weight excluding hydrogens is 382 g/mol. The zero-order chi connectivity index (χ0) is 20.3. The van der Waals surface area contributed by atoms with Crippen LogP contribution in [0.2, 0.25) is 0 Å². The largest absolute Gasteiger partial charge is 0.497 e. The van der Waals surface area contributed by atoms with E-state index in [0.717, 1.165) is 63.2 Å². The van der Waals surface area contributed by atoms with E-state index in [1.807, 2.05) is 17.0 Å². The number of hydrogen-bond acceptors (Lipinski definition) is 5. The Morgan fingerprint density at radius 3 is 2.52 bits per heavy atom. The summed E-state index contributed by atoms with van der Waals surface area (Å²) in [5.41, 5.74) is 8.58. The van der Waals surface area contributed by atoms with Gasteiger partial charge in [0.1, 0.15) is 5.75 Å². The Kier molecular flexibility index (Phi) is 6.23. The summed E-state index contributed by atoms with van der Waals surface area (Å²) >= 11 is 1.70. The summed E-state index contributed by atoms with van der Waals surface area (Å²) in [6.07, 6.45) is 3.91. The van der Waals surface area contributed by atoms with Crippen LogP contribution in [0.15, 0.2) is 41.1 Å². The highest BCUT2D eigenvalue weighted by Crippen LogP contribution is 2.42. The summed E-state index contributed by atoms with van der Waals surface area (Å²) in [5, 5.41) is 4.23. The average Bonchev–Trinajstić information content (AvgIpc) is 3.39. The standard InChI is InChI=1S/C23H31N3O2S/c1-28-20-4-2-18(3-5-20)16-26-14-10-23(22(26)27)8-12-25(13-9-23)11-6-21(24)19-7-15-29-17-19/h2-5,7,15,17,21H,6,8-14,16,24H2,1H3/t21-/m0/s1. The molecule has 0 aliphatic carbocycles. The van der Waals surface area contributed by atoms with Crippen LogP contribution in [0.3, 0.4) is 0 Å². The van der Waals surface area contributed by atoms with Crippen molar-refractivity contribution in [1.82, 2.24) is 9.80 Å². The molecule has 2 aromatic rings. The first-order valence-electron chi connectivity index (χ1n) is 10.5. The molecule has 2 saturated heterocycles. The number of nitrogens with two attached hydrogens (primary N) is 1. The molecule has 0 bridgehead atoms. The highest BCUT2D eigenvalue weighted by atomic mass is 32.1. The van der Waals surface area contributed by atoms with Crippen LogP contribution < -0.4 is 10.5 Å². The minimum absolute atomic E-state index is 0.116. The van der Waals surface area contributed by atoms with Crippen molar-refractivity contribution in [1.29, 1.82) is 0 Å². The fourth-order valence-electron chi connectivity index (χ4n) is 4.64. The van der Waals surface area contributed by atoms with Gasteiger partial charge in [-0.15, -0.1) is 0 Å². The zero-order valence-corrected chi connectivity index (χ0v) is 18.0. The monoisotopic (exact) mass is 413 g/mol. The van der Waals surface area contributed by atoms with E-state index < -0.39 is 0 Å². The van der Waals surface area contributed by atoms with Crippen LogP contribution in [0, 0.1) is 5.41 Å². The highest BCUT2D eigenvalue weighted by molar-refractivity contribution is 7.07. The number of carbonyl (C=O) groups excluding carboxylic acids is 1. The molecule has 6 heteroatoms. The second-order valence-electron chi connectivity index (χ2n) is 8.40. The predicted octanol–water partition coefficient (Wildman–Crippen LogP) is 3.66. The van der Waals surface area contributed by atoms with E-state index in [1.165, 1.54) is 5.56 Å². The predicted molar refractivity (Wildman–Crippen MR) is 117 cm³/mol. The number of thiophene rings is 1. The lowest BCUT2D eigenvalue weighted by molar-refractivity contribution is -0.138. The summed E-state index contributed by atoms with van der Waals surface area (Å²) in [6, 6.07) is 10.3. The number of likely N-dealkylation sites (tertiary alicyclic amines) is 2. The van der Waals surface area contributed by atoms with Crippen LogP contribution in [0.5, 0.6) is 5.75 Å². The topological polar surface area (TPSA) is 58.8 Å². The lowest BCUT2D eigenvalue weighted by Crippen LogP contribution is -2.45. The van der Waals surface area contributed by atoms with Crippen molar-refractivity contribution in [3.05, 3.63) is 52.2 Å². The lowest BCUT2D eigenvalue weighted by atomic mass is 9.77. The van der Waals surface area contributed by atoms with E-state index in [-0.39, 0.29) is 11.5 Å². The van der Waals surface area contributed by atoms with Crippen molar-refractivity contribution < 1.29 is 9.53 Å². The molecule has 156 valence electrons. The molecule has 3 heterocycles. The number of hydrogen-bond donors (Lipinski definition) is 1. The molecule has 1 atom stereocenters. The Balaban J connectivity index is 1.27. The van der Waals surface area contributed by atoms with Gasteiger partial charge < -0.3 is 20.3 Å². The molecule has 2 fully saturated rings. The molecule has 4 rings (SSSR count). The van der Waals surface area contributed by atoms with Crippen LogP contribution in [0.4, 0.5) is 0 Å². The average molecular weight is 414 g/mol. The van der Waals surface area contributed by atoms with Crippen molar-refractivity contribution in [2.45, 2.75) is 38.3 Å². The summed E-state index contributed by atoms with van der Waals surface area (Å²) < 4.78 is 5.22. The maximum absolute atomic E-state index is 13.2. The normalized spacial score (nSPS) is 20.3. The highest BCUT2D eigenvalue weighted by Gasteiger charge is 2.47. The number of nitrogens with zero attached hydrogens (tertiary/aromatic N) is 2. The van der Waals surface area contributed by atoms with Crippen molar-refractivity contribution in [2.75, 3.05) is 33.3 Å². The second-order valence-corrected chi connectivity index (χ2v) is 9.18. The van der Waals surface area contributed by atoms with Gasteiger partial charge in [0.05, 0.1) is 12.5 Å². The van der Waals surface area contributed by atoms with Gasteiger partial charge in [0.2, 0.25) is 5.91 Å². The molecule has 2 N–H and O–H groups in total. The molecule has 2 aliphatic rings. The molecular formula is C23H31N3O2S. The van der Waals surface area contributed by atoms with Crippen molar-refractivity contribution in [2.24, 2.45) is 11.1 Å². The zero-order valence-electron chi connectivity index (χ0n) is 17.2. The van der Waals surface area contributed by atoms with Gasteiger partial charge in [0.15, 0.2) is 0 Å². The van der Waals surface area contributed by atoms with E-state index in [0.29, 0.717) is 12.5 Å². The maximum Gasteiger partial charge on any atom is 0.229 e. The number of carbonyl (C=O) groups is 1. The first-order chi connectivity index (χ1) is 14.1. The van der Waals surface area contributed by atoms with Crippen LogP contribution >= 0.6 is 11.3 Å². The number of amides is 1. The fourth-order valence-corrected chi connectivity index (χ4v) is 5.36. The van der Waals surface area contributed by atoms with Gasteiger partial charge in [-0.1, -0.05) is 12.1 Å². The Morgan fingerprint density at radius 1 is 1.14 bits per heavy atom. The molecule has 2 aliphatic heterocycles. The van der Waals surface area contributed by atoms with Crippen LogP contribution in [-0.2, 0) is 11.3 Å². The van der Waals surface area contributed by atoms with Crippen LogP contribution in [0.25, 0.3) is 0 Å². The van der Waals surface area contributed by atoms with E-state index >= 15 is 0 Å². The lowest BCUT2D eigenvalue weighted by Gasteiger charge is -2.38. The van der Waals surface area contributed by atoms with Gasteiger partial charge in [0, 0.05) is 19.1 Å². The fraction of sp³-hybridized carbons (Fsp3) is 0.522. The number of rotatable bonds is 7. The summed E-state index contributed by atoms with van der Waals surface area (Å²) in [6.45, 7) is 4.57. The Bertz CT molecular complexity index is 798. The van der Waals surface area contributed by atoms with Gasteiger partial charge in [0.25, 0.3) is 0 Å². The Hall–Kier alpha value is -1.89. The van der Waals surface area contributed by atoms with E-state index in [2.05, 4.69) is 33.9 Å². The minimum Gasteiger partial charge on any atom is -0.497 e. The van der Waals surface area contributed by atoms with Gasteiger partial charge in [-0.05, 0) is 85.4 Å². The first-order valence-corrected chi connectivity index (χ1v) is 11.5. The molecule has 5 nitrogen and oxygen atoms in total. The van der Waals surface area contributed by atoms with Gasteiger partial charge in [-0.25, -0.2) is 0 Å². The molecule has 29 heavy (non-hydrogen) atoms. The minimum atomic E-state index is -0.140. The Morgan fingerprint density at radius 2 is 1.86 bits per heavy atom. The molecule has 0 radical (unpaired) electrons. The molecule has 1 aromatic heterocycles. The van der Waals surface area contributed by atoms with Crippen LogP contribution in [-0.4, -0.2) is 49.0 Å². The second kappa shape index (κ2) is 8.86. The van der Waals surface area contributed by atoms with Crippen molar-refractivity contribution >= 4 is 17.2 Å². The number of ether oxygens (including phenoxy) is 1. The van der Waals surface area contributed by atoms with E-state index in [4.69, 9.17) is 10.5 Å². The summed E-state index contributed by atoms with van der Waals surface area (Å²) in [7, 11) is 1.67. The van der Waals surface area contributed by atoms with Gasteiger partial charge in [-0.2, -0.15) is 11.3 Å². The summed E-state index contributed by atoms with van der Waals surface area (Å²) in [4.78, 5) is 17.7. The smallest absolute Gasteiger partial charge is 0.229 e. The van der Waals surface area contributed by atoms with E-state index in [1.54, 1.807) is 18.4 Å². The van der Waals surface area contributed by atoms with Crippen LogP contribution in [0.1, 0.15) is 42.9 Å². The third kappa shape index (κ3) is 4.49. The Labute approximate surface area is 177 Å². The molecule has 0 saturated carbocycles. The maximum atomic E-state index is 13.2. The molecule has 0 unspecified atom stereocenters. The first kappa shape index (κ1) is 20.4. The number of methoxy groups -OCH3 is 1.